The highest BCUT2D eigenvalue weighted by Crippen LogP contribution is 2.27. The zero-order chi connectivity index (χ0) is 18.0. The zero-order valence-corrected chi connectivity index (χ0v) is 16.1. The fraction of sp³-hybridized carbons (Fsp3) is 0.263. The van der Waals surface area contributed by atoms with Gasteiger partial charge in [-0.3, -0.25) is 0 Å². The number of nitrogens with zero attached hydrogens (tertiary/aromatic N) is 3. The molecule has 0 saturated carbocycles. The van der Waals surface area contributed by atoms with Crippen molar-refractivity contribution in [3.05, 3.63) is 64.7 Å². The van der Waals surface area contributed by atoms with Crippen LogP contribution in [0.2, 0.25) is 5.02 Å². The van der Waals surface area contributed by atoms with Crippen LogP contribution in [0.1, 0.15) is 31.9 Å². The molecule has 1 heterocycles. The average Bonchev–Trinajstić information content (AvgIpc) is 2.93. The first-order chi connectivity index (χ1) is 11.8. The topological polar surface area (TPSA) is 56.7 Å². The van der Waals surface area contributed by atoms with Crippen molar-refractivity contribution < 1.29 is 0 Å². The molecule has 6 heteroatoms. The minimum atomic E-state index is 0.162. The second-order valence-electron chi connectivity index (χ2n) is 6.92. The highest BCUT2D eigenvalue weighted by molar-refractivity contribution is 7.98. The van der Waals surface area contributed by atoms with E-state index in [4.69, 9.17) is 17.4 Å². The van der Waals surface area contributed by atoms with Crippen LogP contribution in [-0.4, -0.2) is 14.9 Å². The van der Waals surface area contributed by atoms with E-state index in [0.717, 1.165) is 11.3 Å². The Labute approximate surface area is 157 Å². The molecule has 0 aliphatic rings. The van der Waals surface area contributed by atoms with Gasteiger partial charge in [-0.25, -0.2) is 4.68 Å². The van der Waals surface area contributed by atoms with Crippen LogP contribution in [0.3, 0.4) is 0 Å². The lowest BCUT2D eigenvalue weighted by Crippen LogP contribution is -2.11. The molecule has 0 unspecified atom stereocenters. The van der Waals surface area contributed by atoms with Gasteiger partial charge in [0, 0.05) is 16.3 Å². The number of nitrogen functional groups attached to an aromatic ring is 1. The van der Waals surface area contributed by atoms with E-state index in [2.05, 4.69) is 55.2 Å². The molecule has 0 spiro atoms. The summed E-state index contributed by atoms with van der Waals surface area (Å²) in [7, 11) is 0. The summed E-state index contributed by atoms with van der Waals surface area (Å²) in [5.41, 5.74) is 3.57. The Balaban J connectivity index is 1.72. The van der Waals surface area contributed by atoms with Crippen molar-refractivity contribution in [3.63, 3.8) is 0 Å². The van der Waals surface area contributed by atoms with Gasteiger partial charge in [0.15, 0.2) is 5.82 Å². The Kier molecular flexibility index (Phi) is 5.06. The molecule has 0 atom stereocenters. The molecule has 3 aromatic rings. The minimum absolute atomic E-state index is 0.162. The van der Waals surface area contributed by atoms with Gasteiger partial charge in [0.25, 0.3) is 0 Å². The highest BCUT2D eigenvalue weighted by Gasteiger charge is 2.14. The van der Waals surface area contributed by atoms with Crippen molar-refractivity contribution in [2.24, 2.45) is 0 Å². The zero-order valence-electron chi connectivity index (χ0n) is 14.5. The number of halogens is 1. The Bertz CT molecular complexity index is 866. The monoisotopic (exact) mass is 372 g/mol. The molecule has 0 fully saturated rings. The molecule has 25 heavy (non-hydrogen) atoms. The molecule has 0 radical (unpaired) electrons. The Hall–Kier alpha value is -1.98. The van der Waals surface area contributed by atoms with Crippen LogP contribution in [0.4, 0.5) is 0 Å². The summed E-state index contributed by atoms with van der Waals surface area (Å²) in [5.74, 6) is 7.55. The summed E-state index contributed by atoms with van der Waals surface area (Å²) in [5, 5.41) is 9.72. The van der Waals surface area contributed by atoms with Crippen LogP contribution in [0.25, 0.3) is 11.4 Å². The maximum Gasteiger partial charge on any atom is 0.210 e. The van der Waals surface area contributed by atoms with Crippen molar-refractivity contribution >= 4 is 23.4 Å². The van der Waals surface area contributed by atoms with Gasteiger partial charge in [-0.1, -0.05) is 80.5 Å². The summed E-state index contributed by atoms with van der Waals surface area (Å²) in [4.78, 5) is 0. The summed E-state index contributed by atoms with van der Waals surface area (Å²) in [6.07, 6.45) is 0. The lowest BCUT2D eigenvalue weighted by molar-refractivity contribution is 0.590. The summed E-state index contributed by atoms with van der Waals surface area (Å²) < 4.78 is 1.51. The molecule has 130 valence electrons. The predicted octanol–water partition coefficient (Wildman–Crippen LogP) is 4.90. The second-order valence-corrected chi connectivity index (χ2v) is 8.30. The lowest BCUT2D eigenvalue weighted by Gasteiger charge is -2.19. The minimum Gasteiger partial charge on any atom is -0.335 e. The summed E-state index contributed by atoms with van der Waals surface area (Å²) >= 11 is 7.60. The normalized spacial score (nSPS) is 11.7. The number of benzene rings is 2. The largest absolute Gasteiger partial charge is 0.335 e. The van der Waals surface area contributed by atoms with E-state index in [-0.39, 0.29) is 5.41 Å². The number of hydrogen-bond donors (Lipinski definition) is 1. The van der Waals surface area contributed by atoms with E-state index in [1.165, 1.54) is 15.8 Å². The van der Waals surface area contributed by atoms with Gasteiger partial charge in [-0.2, -0.15) is 0 Å². The van der Waals surface area contributed by atoms with Gasteiger partial charge < -0.3 is 5.84 Å². The molecule has 0 saturated heterocycles. The van der Waals surface area contributed by atoms with Gasteiger partial charge in [0.1, 0.15) is 0 Å². The summed E-state index contributed by atoms with van der Waals surface area (Å²) in [6.45, 7) is 6.64. The maximum absolute atomic E-state index is 6.16. The Morgan fingerprint density at radius 1 is 1.08 bits per heavy atom. The first kappa shape index (κ1) is 17.8. The molecule has 3 rings (SSSR count). The SMILES string of the molecule is CC(C)(C)c1ccc(CSc2nnc(-c3cccc(Cl)c3)n2N)cc1. The number of rotatable bonds is 4. The Morgan fingerprint density at radius 2 is 1.80 bits per heavy atom. The van der Waals surface area contributed by atoms with E-state index < -0.39 is 0 Å². The quantitative estimate of drug-likeness (QED) is 0.522. The van der Waals surface area contributed by atoms with Crippen molar-refractivity contribution in [1.29, 1.82) is 0 Å². The van der Waals surface area contributed by atoms with E-state index in [1.54, 1.807) is 11.8 Å². The average molecular weight is 373 g/mol. The molecular formula is C19H21ClN4S. The van der Waals surface area contributed by atoms with Crippen LogP contribution in [0.15, 0.2) is 53.7 Å². The van der Waals surface area contributed by atoms with E-state index >= 15 is 0 Å². The first-order valence-electron chi connectivity index (χ1n) is 8.03. The van der Waals surface area contributed by atoms with E-state index in [9.17, 15) is 0 Å². The fourth-order valence-electron chi connectivity index (χ4n) is 2.45. The predicted molar refractivity (Wildman–Crippen MR) is 105 cm³/mol. The fourth-order valence-corrected chi connectivity index (χ4v) is 3.45. The third-order valence-corrected chi connectivity index (χ3v) is 5.18. The second kappa shape index (κ2) is 7.10. The van der Waals surface area contributed by atoms with E-state index in [1.807, 2.05) is 24.3 Å². The molecule has 0 bridgehead atoms. The Morgan fingerprint density at radius 3 is 2.44 bits per heavy atom. The molecule has 4 nitrogen and oxygen atoms in total. The van der Waals surface area contributed by atoms with Crippen LogP contribution in [0, 0.1) is 0 Å². The standard InChI is InChI=1S/C19H21ClN4S/c1-19(2,3)15-9-7-13(8-10-15)12-25-18-23-22-17(24(18)21)14-5-4-6-16(20)11-14/h4-11H,12,21H2,1-3H3. The van der Waals surface area contributed by atoms with Crippen molar-refractivity contribution in [1.82, 2.24) is 14.9 Å². The molecule has 2 aromatic carbocycles. The number of nitrogens with two attached hydrogens (primary N) is 1. The number of thioether (sulfide) groups is 1. The molecule has 0 aliphatic heterocycles. The van der Waals surface area contributed by atoms with Crippen molar-refractivity contribution in [3.8, 4) is 11.4 Å². The molecular weight excluding hydrogens is 352 g/mol. The van der Waals surface area contributed by atoms with Gasteiger partial charge in [0.05, 0.1) is 0 Å². The van der Waals surface area contributed by atoms with Gasteiger partial charge >= 0.3 is 0 Å². The summed E-state index contributed by atoms with van der Waals surface area (Å²) in [6, 6.07) is 16.1. The van der Waals surface area contributed by atoms with Crippen molar-refractivity contribution in [2.75, 3.05) is 5.84 Å². The van der Waals surface area contributed by atoms with Crippen LogP contribution < -0.4 is 5.84 Å². The van der Waals surface area contributed by atoms with Crippen LogP contribution >= 0.6 is 23.4 Å². The molecule has 2 N–H and O–H groups in total. The van der Waals surface area contributed by atoms with Gasteiger partial charge in [-0.15, -0.1) is 10.2 Å². The number of aromatic nitrogens is 3. The molecule has 1 aromatic heterocycles. The van der Waals surface area contributed by atoms with Crippen LogP contribution in [0.5, 0.6) is 0 Å². The molecule has 0 aliphatic carbocycles. The number of hydrogen-bond acceptors (Lipinski definition) is 4. The van der Waals surface area contributed by atoms with Crippen LogP contribution in [-0.2, 0) is 11.2 Å². The van der Waals surface area contributed by atoms with Crippen molar-refractivity contribution in [2.45, 2.75) is 37.1 Å². The molecule has 0 amide bonds. The third kappa shape index (κ3) is 4.17. The maximum atomic E-state index is 6.16. The van der Waals surface area contributed by atoms with Gasteiger partial charge in [0.2, 0.25) is 5.16 Å². The van der Waals surface area contributed by atoms with E-state index in [0.29, 0.717) is 16.0 Å². The first-order valence-corrected chi connectivity index (χ1v) is 9.39. The third-order valence-electron chi connectivity index (χ3n) is 3.94. The lowest BCUT2D eigenvalue weighted by atomic mass is 9.87. The highest BCUT2D eigenvalue weighted by atomic mass is 35.5. The smallest absolute Gasteiger partial charge is 0.210 e. The van der Waals surface area contributed by atoms with Gasteiger partial charge in [-0.05, 0) is 28.7 Å².